The summed E-state index contributed by atoms with van der Waals surface area (Å²) in [6.07, 6.45) is 0. The van der Waals surface area contributed by atoms with Crippen molar-refractivity contribution in [1.29, 1.82) is 0 Å². The lowest BCUT2D eigenvalue weighted by molar-refractivity contribution is -0.119. The Morgan fingerprint density at radius 2 is 1.88 bits per heavy atom. The van der Waals surface area contributed by atoms with Crippen LogP contribution in [0.15, 0.2) is 29.4 Å². The number of benzene rings is 1. The zero-order valence-corrected chi connectivity index (χ0v) is 16.9. The molecular weight excluding hydrogens is 353 g/mol. The van der Waals surface area contributed by atoms with E-state index in [1.54, 1.807) is 12.1 Å². The van der Waals surface area contributed by atoms with E-state index >= 15 is 0 Å². The standard InChI is InChI=1S/C18H26FN5OS/c1-12(23(5)6)16-21-22-17(26-11-15(25)20-18(2,3)4)24(16)14-9-7-13(19)8-10-14/h7-10,12H,11H2,1-6H3,(H,20,25). The van der Waals surface area contributed by atoms with Gasteiger partial charge in [-0.2, -0.15) is 0 Å². The Morgan fingerprint density at radius 1 is 1.27 bits per heavy atom. The molecule has 1 amide bonds. The Kier molecular flexibility index (Phi) is 6.41. The minimum absolute atomic E-state index is 0.00491. The number of halogens is 1. The number of amides is 1. The van der Waals surface area contributed by atoms with E-state index in [0.717, 1.165) is 11.5 Å². The molecule has 6 nitrogen and oxygen atoms in total. The van der Waals surface area contributed by atoms with Gasteiger partial charge in [-0.3, -0.25) is 14.3 Å². The summed E-state index contributed by atoms with van der Waals surface area (Å²) in [6, 6.07) is 6.18. The molecule has 142 valence electrons. The molecular formula is C18H26FN5OS. The van der Waals surface area contributed by atoms with Crippen molar-refractivity contribution in [1.82, 2.24) is 25.0 Å². The summed E-state index contributed by atoms with van der Waals surface area (Å²) in [4.78, 5) is 14.1. The van der Waals surface area contributed by atoms with Crippen molar-refractivity contribution < 1.29 is 9.18 Å². The summed E-state index contributed by atoms with van der Waals surface area (Å²) >= 11 is 1.31. The molecule has 2 aromatic rings. The summed E-state index contributed by atoms with van der Waals surface area (Å²) in [5.74, 6) is 0.592. The third-order valence-corrected chi connectivity index (χ3v) is 4.67. The van der Waals surface area contributed by atoms with Crippen molar-refractivity contribution in [2.24, 2.45) is 0 Å². The smallest absolute Gasteiger partial charge is 0.230 e. The third kappa shape index (κ3) is 5.28. The molecule has 1 aromatic carbocycles. The van der Waals surface area contributed by atoms with E-state index in [9.17, 15) is 9.18 Å². The Hall–Kier alpha value is -1.93. The fourth-order valence-electron chi connectivity index (χ4n) is 2.29. The molecule has 1 aromatic heterocycles. The van der Waals surface area contributed by atoms with Crippen LogP contribution in [0.5, 0.6) is 0 Å². The molecule has 0 aliphatic rings. The predicted molar refractivity (Wildman–Crippen MR) is 102 cm³/mol. The first kappa shape index (κ1) is 20.4. The molecule has 0 fully saturated rings. The van der Waals surface area contributed by atoms with Gasteiger partial charge in [0.05, 0.1) is 11.8 Å². The van der Waals surface area contributed by atoms with Crippen LogP contribution in [0.25, 0.3) is 5.69 Å². The maximum atomic E-state index is 13.3. The van der Waals surface area contributed by atoms with E-state index in [2.05, 4.69) is 15.5 Å². The Balaban J connectivity index is 2.31. The van der Waals surface area contributed by atoms with Gasteiger partial charge < -0.3 is 5.32 Å². The van der Waals surface area contributed by atoms with Crippen LogP contribution in [-0.2, 0) is 4.79 Å². The minimum atomic E-state index is -0.303. The van der Waals surface area contributed by atoms with Crippen LogP contribution in [0.2, 0.25) is 0 Å². The first-order valence-electron chi connectivity index (χ1n) is 8.40. The van der Waals surface area contributed by atoms with Crippen molar-refractivity contribution in [2.75, 3.05) is 19.8 Å². The third-order valence-electron chi connectivity index (χ3n) is 3.74. The average Bonchev–Trinajstić information content (AvgIpc) is 2.95. The largest absolute Gasteiger partial charge is 0.351 e. The molecule has 1 atom stereocenters. The lowest BCUT2D eigenvalue weighted by Gasteiger charge is -2.21. The quantitative estimate of drug-likeness (QED) is 0.782. The number of aromatic nitrogens is 3. The maximum absolute atomic E-state index is 13.3. The zero-order chi connectivity index (χ0) is 19.5. The minimum Gasteiger partial charge on any atom is -0.351 e. The maximum Gasteiger partial charge on any atom is 0.230 e. The highest BCUT2D eigenvalue weighted by Crippen LogP contribution is 2.27. The first-order chi connectivity index (χ1) is 12.1. The molecule has 0 aliphatic carbocycles. The van der Waals surface area contributed by atoms with E-state index in [-0.39, 0.29) is 29.1 Å². The lowest BCUT2D eigenvalue weighted by Crippen LogP contribution is -2.41. The summed E-state index contributed by atoms with van der Waals surface area (Å²) < 4.78 is 15.2. The number of nitrogens with zero attached hydrogens (tertiary/aromatic N) is 4. The van der Waals surface area contributed by atoms with Crippen LogP contribution >= 0.6 is 11.8 Å². The van der Waals surface area contributed by atoms with Gasteiger partial charge in [-0.15, -0.1) is 10.2 Å². The molecule has 0 saturated heterocycles. The number of hydrogen-bond acceptors (Lipinski definition) is 5. The number of nitrogens with one attached hydrogen (secondary N) is 1. The van der Waals surface area contributed by atoms with E-state index in [0.29, 0.717) is 5.16 Å². The van der Waals surface area contributed by atoms with E-state index in [1.807, 2.05) is 51.3 Å². The molecule has 8 heteroatoms. The Bertz CT molecular complexity index is 752. The molecule has 0 aliphatic heterocycles. The molecule has 1 heterocycles. The molecule has 1 N–H and O–H groups in total. The topological polar surface area (TPSA) is 63.1 Å². The normalized spacial score (nSPS) is 13.1. The fraction of sp³-hybridized carbons (Fsp3) is 0.500. The van der Waals surface area contributed by atoms with Gasteiger partial charge in [0, 0.05) is 11.2 Å². The second-order valence-electron chi connectivity index (χ2n) is 7.38. The highest BCUT2D eigenvalue weighted by Gasteiger charge is 2.22. The lowest BCUT2D eigenvalue weighted by atomic mass is 10.1. The Labute approximate surface area is 158 Å². The second kappa shape index (κ2) is 8.18. The number of hydrogen-bond donors (Lipinski definition) is 1. The Morgan fingerprint density at radius 3 is 2.42 bits per heavy atom. The number of thioether (sulfide) groups is 1. The molecule has 0 spiro atoms. The highest BCUT2D eigenvalue weighted by atomic mass is 32.2. The van der Waals surface area contributed by atoms with Gasteiger partial charge in [0.15, 0.2) is 11.0 Å². The summed E-state index contributed by atoms with van der Waals surface area (Å²) in [7, 11) is 3.91. The van der Waals surface area contributed by atoms with E-state index in [1.165, 1.54) is 23.9 Å². The van der Waals surface area contributed by atoms with Crippen molar-refractivity contribution in [3.8, 4) is 5.69 Å². The summed E-state index contributed by atoms with van der Waals surface area (Å²) in [6.45, 7) is 7.83. The summed E-state index contributed by atoms with van der Waals surface area (Å²) in [5.41, 5.74) is 0.478. The van der Waals surface area contributed by atoms with Gasteiger partial charge in [-0.25, -0.2) is 4.39 Å². The average molecular weight is 380 g/mol. The predicted octanol–water partition coefficient (Wildman–Crippen LogP) is 3.04. The van der Waals surface area contributed by atoms with Crippen molar-refractivity contribution >= 4 is 17.7 Å². The molecule has 0 radical (unpaired) electrons. The van der Waals surface area contributed by atoms with Gasteiger partial charge in [-0.05, 0) is 66.1 Å². The number of rotatable bonds is 6. The van der Waals surface area contributed by atoms with Crippen LogP contribution in [0, 0.1) is 5.82 Å². The van der Waals surface area contributed by atoms with Gasteiger partial charge in [0.2, 0.25) is 5.91 Å². The SMILES string of the molecule is CC(c1nnc(SCC(=O)NC(C)(C)C)n1-c1ccc(F)cc1)N(C)C. The first-order valence-corrected chi connectivity index (χ1v) is 9.38. The van der Waals surface area contributed by atoms with E-state index in [4.69, 9.17) is 0 Å². The zero-order valence-electron chi connectivity index (χ0n) is 16.1. The van der Waals surface area contributed by atoms with Gasteiger partial charge in [0.25, 0.3) is 0 Å². The highest BCUT2D eigenvalue weighted by molar-refractivity contribution is 7.99. The van der Waals surface area contributed by atoms with E-state index < -0.39 is 0 Å². The number of carbonyl (C=O) groups excluding carboxylic acids is 1. The summed E-state index contributed by atoms with van der Waals surface area (Å²) in [5, 5.41) is 12.1. The molecule has 26 heavy (non-hydrogen) atoms. The van der Waals surface area contributed by atoms with Crippen molar-refractivity contribution in [2.45, 2.75) is 44.4 Å². The van der Waals surface area contributed by atoms with Gasteiger partial charge in [0.1, 0.15) is 5.82 Å². The number of carbonyl (C=O) groups is 1. The molecule has 1 unspecified atom stereocenters. The second-order valence-corrected chi connectivity index (χ2v) is 8.32. The fourth-order valence-corrected chi connectivity index (χ4v) is 3.05. The monoisotopic (exact) mass is 379 g/mol. The van der Waals surface area contributed by atoms with Crippen LogP contribution in [-0.4, -0.2) is 51.0 Å². The molecule has 0 bridgehead atoms. The van der Waals surface area contributed by atoms with Crippen LogP contribution in [0.1, 0.15) is 39.6 Å². The van der Waals surface area contributed by atoms with Crippen LogP contribution < -0.4 is 5.32 Å². The van der Waals surface area contributed by atoms with Gasteiger partial charge >= 0.3 is 0 Å². The van der Waals surface area contributed by atoms with Crippen molar-refractivity contribution in [3.05, 3.63) is 35.9 Å². The molecule has 0 saturated carbocycles. The van der Waals surface area contributed by atoms with Crippen LogP contribution in [0.4, 0.5) is 4.39 Å². The van der Waals surface area contributed by atoms with Crippen molar-refractivity contribution in [3.63, 3.8) is 0 Å². The van der Waals surface area contributed by atoms with Crippen LogP contribution in [0.3, 0.4) is 0 Å². The van der Waals surface area contributed by atoms with Gasteiger partial charge in [-0.1, -0.05) is 11.8 Å². The molecule has 2 rings (SSSR count).